The van der Waals surface area contributed by atoms with Crippen molar-refractivity contribution in [1.29, 1.82) is 0 Å². The van der Waals surface area contributed by atoms with E-state index in [0.717, 1.165) is 0 Å². The molecule has 0 saturated carbocycles. The van der Waals surface area contributed by atoms with E-state index < -0.39 is 0 Å². The van der Waals surface area contributed by atoms with Crippen LogP contribution in [0.2, 0.25) is 0 Å². The van der Waals surface area contributed by atoms with Gasteiger partial charge in [-0.1, -0.05) is 19.0 Å². The smallest absolute Gasteiger partial charge is 0.229 e. The molecule has 0 atom stereocenters. The summed E-state index contributed by atoms with van der Waals surface area (Å²) in [7, 11) is 0. The van der Waals surface area contributed by atoms with Gasteiger partial charge in [0.25, 0.3) is 0 Å². The maximum Gasteiger partial charge on any atom is 0.229 e. The Morgan fingerprint density at radius 2 is 2.22 bits per heavy atom. The van der Waals surface area contributed by atoms with Crippen molar-refractivity contribution in [3.63, 3.8) is 0 Å². The first kappa shape index (κ1) is 13.0. The summed E-state index contributed by atoms with van der Waals surface area (Å²) in [6.07, 6.45) is 0. The molecule has 4 nitrogen and oxygen atoms in total. The molecule has 0 aliphatic rings. The summed E-state index contributed by atoms with van der Waals surface area (Å²) in [5, 5.41) is 3.80. The molecule has 0 amide bonds. The maximum absolute atomic E-state index is 13.0. The van der Waals surface area contributed by atoms with Gasteiger partial charge in [0.05, 0.1) is 4.47 Å². The molecule has 0 aliphatic heterocycles. The van der Waals surface area contributed by atoms with E-state index >= 15 is 0 Å². The summed E-state index contributed by atoms with van der Waals surface area (Å²) in [6, 6.07) is 4.43. The van der Waals surface area contributed by atoms with Crippen molar-refractivity contribution in [2.45, 2.75) is 26.4 Å². The van der Waals surface area contributed by atoms with Crippen LogP contribution in [0.5, 0.6) is 5.75 Å². The van der Waals surface area contributed by atoms with Crippen LogP contribution in [0.25, 0.3) is 0 Å². The average Bonchev–Trinajstić information content (AvgIpc) is 2.79. The molecule has 2 rings (SSSR count). The van der Waals surface area contributed by atoms with E-state index in [1.807, 2.05) is 13.8 Å². The van der Waals surface area contributed by atoms with Crippen LogP contribution in [-0.2, 0) is 6.61 Å². The summed E-state index contributed by atoms with van der Waals surface area (Å²) in [4.78, 5) is 4.18. The molecule has 18 heavy (non-hydrogen) atoms. The zero-order valence-corrected chi connectivity index (χ0v) is 11.6. The highest BCUT2D eigenvalue weighted by molar-refractivity contribution is 9.10. The van der Waals surface area contributed by atoms with E-state index in [1.165, 1.54) is 6.07 Å². The summed E-state index contributed by atoms with van der Waals surface area (Å²) in [5.74, 6) is 1.45. The molecule has 0 radical (unpaired) electrons. The van der Waals surface area contributed by atoms with Crippen LogP contribution < -0.4 is 4.74 Å². The number of benzene rings is 1. The van der Waals surface area contributed by atoms with E-state index in [4.69, 9.17) is 9.26 Å². The Kier molecular flexibility index (Phi) is 3.96. The number of aromatic nitrogens is 2. The van der Waals surface area contributed by atoms with Crippen LogP contribution in [0.4, 0.5) is 4.39 Å². The van der Waals surface area contributed by atoms with Gasteiger partial charge in [-0.25, -0.2) is 4.39 Å². The van der Waals surface area contributed by atoms with E-state index in [1.54, 1.807) is 12.1 Å². The number of rotatable bonds is 4. The van der Waals surface area contributed by atoms with Gasteiger partial charge in [0, 0.05) is 5.92 Å². The number of hydrogen-bond acceptors (Lipinski definition) is 4. The minimum atomic E-state index is -0.330. The summed E-state index contributed by atoms with van der Waals surface area (Å²) >= 11 is 3.09. The summed E-state index contributed by atoms with van der Waals surface area (Å²) in [6.45, 7) is 4.12. The van der Waals surface area contributed by atoms with Crippen LogP contribution in [0.3, 0.4) is 0 Å². The minimum Gasteiger partial charge on any atom is -0.485 e. The Morgan fingerprint density at radius 3 is 2.83 bits per heavy atom. The van der Waals surface area contributed by atoms with E-state index in [2.05, 4.69) is 26.1 Å². The highest BCUT2D eigenvalue weighted by Crippen LogP contribution is 2.22. The topological polar surface area (TPSA) is 48.2 Å². The lowest BCUT2D eigenvalue weighted by Crippen LogP contribution is -1.98. The molecule has 0 fully saturated rings. The third kappa shape index (κ3) is 3.07. The monoisotopic (exact) mass is 314 g/mol. The lowest BCUT2D eigenvalue weighted by molar-refractivity contribution is 0.284. The fraction of sp³-hybridized carbons (Fsp3) is 0.333. The Balaban J connectivity index is 2.00. The quantitative estimate of drug-likeness (QED) is 0.863. The largest absolute Gasteiger partial charge is 0.485 e. The van der Waals surface area contributed by atoms with Crippen molar-refractivity contribution >= 4 is 15.9 Å². The summed E-state index contributed by atoms with van der Waals surface area (Å²) in [5.41, 5.74) is 0. The number of hydrogen-bond donors (Lipinski definition) is 0. The molecule has 6 heteroatoms. The molecular formula is C12H12BrFN2O2. The molecule has 1 aromatic carbocycles. The second-order valence-electron chi connectivity index (χ2n) is 4.07. The first-order valence-electron chi connectivity index (χ1n) is 5.46. The Morgan fingerprint density at radius 1 is 1.44 bits per heavy atom. The minimum absolute atomic E-state index is 0.186. The molecule has 0 aliphatic carbocycles. The molecule has 1 heterocycles. The predicted octanol–water partition coefficient (Wildman–Crippen LogP) is 3.67. The zero-order chi connectivity index (χ0) is 13.1. The highest BCUT2D eigenvalue weighted by atomic mass is 79.9. The molecule has 0 unspecified atom stereocenters. The fourth-order valence-corrected chi connectivity index (χ4v) is 1.63. The third-order valence-corrected chi connectivity index (χ3v) is 2.84. The predicted molar refractivity (Wildman–Crippen MR) is 66.8 cm³/mol. The third-order valence-electron chi connectivity index (χ3n) is 2.24. The van der Waals surface area contributed by atoms with Crippen LogP contribution >= 0.6 is 15.9 Å². The highest BCUT2D eigenvalue weighted by Gasteiger charge is 2.10. The van der Waals surface area contributed by atoms with Gasteiger partial charge in [-0.2, -0.15) is 4.98 Å². The van der Waals surface area contributed by atoms with Crippen molar-refractivity contribution in [3.05, 3.63) is 40.2 Å². The number of ether oxygens (including phenoxy) is 1. The van der Waals surface area contributed by atoms with Crippen molar-refractivity contribution in [2.75, 3.05) is 0 Å². The Hall–Kier alpha value is -1.43. The molecule has 0 saturated heterocycles. The molecule has 96 valence electrons. The SMILES string of the molecule is CC(C)c1nc(COc2ccc(F)c(Br)c2)no1. The Labute approximate surface area is 112 Å². The van der Waals surface area contributed by atoms with Crippen LogP contribution in [0.1, 0.15) is 31.5 Å². The van der Waals surface area contributed by atoms with Crippen LogP contribution in [0.15, 0.2) is 27.2 Å². The molecule has 0 spiro atoms. The van der Waals surface area contributed by atoms with Crippen LogP contribution in [0, 0.1) is 5.82 Å². The second-order valence-corrected chi connectivity index (χ2v) is 4.92. The standard InChI is InChI=1S/C12H12BrFN2O2/c1-7(2)12-15-11(16-18-12)6-17-8-3-4-10(14)9(13)5-8/h3-5,7H,6H2,1-2H3. The fourth-order valence-electron chi connectivity index (χ4n) is 1.28. The van der Waals surface area contributed by atoms with Gasteiger partial charge < -0.3 is 9.26 Å². The second kappa shape index (κ2) is 5.48. The van der Waals surface area contributed by atoms with Crippen molar-refractivity contribution in [3.8, 4) is 5.75 Å². The van der Waals surface area contributed by atoms with Gasteiger partial charge in [-0.05, 0) is 34.1 Å². The molecule has 2 aromatic rings. The van der Waals surface area contributed by atoms with Crippen molar-refractivity contribution < 1.29 is 13.7 Å². The lowest BCUT2D eigenvalue weighted by Gasteiger charge is -2.03. The summed E-state index contributed by atoms with van der Waals surface area (Å²) < 4.78 is 23.9. The van der Waals surface area contributed by atoms with Crippen LogP contribution in [-0.4, -0.2) is 10.1 Å². The first-order valence-corrected chi connectivity index (χ1v) is 6.26. The van der Waals surface area contributed by atoms with E-state index in [9.17, 15) is 4.39 Å². The number of nitrogens with zero attached hydrogens (tertiary/aromatic N) is 2. The van der Waals surface area contributed by atoms with Gasteiger partial charge in [0.2, 0.25) is 11.7 Å². The Bertz CT molecular complexity index is 543. The molecule has 0 bridgehead atoms. The average molecular weight is 315 g/mol. The van der Waals surface area contributed by atoms with Gasteiger partial charge in [-0.3, -0.25) is 0 Å². The van der Waals surface area contributed by atoms with Crippen molar-refractivity contribution in [1.82, 2.24) is 10.1 Å². The maximum atomic E-state index is 13.0. The molecule has 0 N–H and O–H groups in total. The normalized spacial score (nSPS) is 10.9. The molecule has 1 aromatic heterocycles. The van der Waals surface area contributed by atoms with E-state index in [-0.39, 0.29) is 18.3 Å². The molecular weight excluding hydrogens is 303 g/mol. The van der Waals surface area contributed by atoms with Crippen molar-refractivity contribution in [2.24, 2.45) is 0 Å². The lowest BCUT2D eigenvalue weighted by atomic mass is 10.2. The van der Waals surface area contributed by atoms with Gasteiger partial charge in [0.15, 0.2) is 6.61 Å². The number of halogens is 2. The van der Waals surface area contributed by atoms with Gasteiger partial charge in [-0.15, -0.1) is 0 Å². The van der Waals surface area contributed by atoms with E-state index in [0.29, 0.717) is 21.9 Å². The van der Waals surface area contributed by atoms with Gasteiger partial charge >= 0.3 is 0 Å². The zero-order valence-electron chi connectivity index (χ0n) is 9.98. The first-order chi connectivity index (χ1) is 8.56. The van der Waals surface area contributed by atoms with Gasteiger partial charge in [0.1, 0.15) is 11.6 Å².